The van der Waals surface area contributed by atoms with Crippen molar-refractivity contribution in [3.05, 3.63) is 54.0 Å². The molecular weight excluding hydrogens is 217 g/mol. The lowest BCUT2D eigenvalue weighted by molar-refractivity contribution is 0.607. The van der Waals surface area contributed by atoms with Crippen LogP contribution in [0.1, 0.15) is 5.56 Å². The predicted octanol–water partition coefficient (Wildman–Crippen LogP) is 2.44. The first-order chi connectivity index (χ1) is 8.16. The van der Waals surface area contributed by atoms with Crippen LogP contribution in [-0.2, 0) is 6.54 Å². The van der Waals surface area contributed by atoms with E-state index in [1.807, 2.05) is 24.1 Å². The predicted molar refractivity (Wildman–Crippen MR) is 67.2 cm³/mol. The van der Waals surface area contributed by atoms with Gasteiger partial charge in [-0.1, -0.05) is 18.2 Å². The number of rotatable bonds is 3. The van der Waals surface area contributed by atoms with Crippen molar-refractivity contribution >= 4 is 11.5 Å². The van der Waals surface area contributed by atoms with Gasteiger partial charge in [-0.3, -0.25) is 0 Å². The molecule has 0 amide bonds. The van der Waals surface area contributed by atoms with Gasteiger partial charge in [0.1, 0.15) is 11.6 Å². The molecule has 0 aliphatic carbocycles. The van der Waals surface area contributed by atoms with Crippen LogP contribution in [0.25, 0.3) is 0 Å². The van der Waals surface area contributed by atoms with E-state index < -0.39 is 0 Å². The summed E-state index contributed by atoms with van der Waals surface area (Å²) in [6, 6.07) is 10.3. The van der Waals surface area contributed by atoms with Gasteiger partial charge in [0.05, 0.1) is 11.9 Å². The Morgan fingerprint density at radius 2 is 2.00 bits per heavy atom. The van der Waals surface area contributed by atoms with Crippen molar-refractivity contribution in [3.63, 3.8) is 0 Å². The summed E-state index contributed by atoms with van der Waals surface area (Å²) in [6.45, 7) is 0.476. The van der Waals surface area contributed by atoms with Crippen molar-refractivity contribution in [2.75, 3.05) is 17.7 Å². The second kappa shape index (κ2) is 4.82. The number of hydrogen-bond acceptors (Lipinski definition) is 3. The van der Waals surface area contributed by atoms with Crippen molar-refractivity contribution in [3.8, 4) is 0 Å². The van der Waals surface area contributed by atoms with E-state index in [-0.39, 0.29) is 5.82 Å². The summed E-state index contributed by atoms with van der Waals surface area (Å²) >= 11 is 0. The van der Waals surface area contributed by atoms with Crippen molar-refractivity contribution < 1.29 is 4.39 Å². The fourth-order valence-corrected chi connectivity index (χ4v) is 1.59. The Kier molecular flexibility index (Phi) is 3.23. The minimum Gasteiger partial charge on any atom is -0.397 e. The Hall–Kier alpha value is -2.10. The summed E-state index contributed by atoms with van der Waals surface area (Å²) in [4.78, 5) is 6.06. The van der Waals surface area contributed by atoms with Crippen LogP contribution < -0.4 is 10.6 Å². The Morgan fingerprint density at radius 3 is 2.65 bits per heavy atom. The second-order valence-electron chi connectivity index (χ2n) is 3.90. The van der Waals surface area contributed by atoms with Crippen molar-refractivity contribution in [1.29, 1.82) is 0 Å². The van der Waals surface area contributed by atoms with E-state index in [0.29, 0.717) is 17.8 Å². The molecule has 0 aliphatic rings. The lowest BCUT2D eigenvalue weighted by atomic mass is 10.2. The first-order valence-electron chi connectivity index (χ1n) is 5.33. The molecule has 0 bridgehead atoms. The van der Waals surface area contributed by atoms with Gasteiger partial charge in [0.25, 0.3) is 0 Å². The molecule has 0 saturated carbocycles. The molecular formula is C13H14FN3. The lowest BCUT2D eigenvalue weighted by Crippen LogP contribution is -2.18. The Balaban J connectivity index is 2.14. The van der Waals surface area contributed by atoms with Crippen LogP contribution >= 0.6 is 0 Å². The van der Waals surface area contributed by atoms with E-state index in [2.05, 4.69) is 4.98 Å². The lowest BCUT2D eigenvalue weighted by Gasteiger charge is -2.18. The highest BCUT2D eigenvalue weighted by atomic mass is 19.1. The normalized spacial score (nSPS) is 10.2. The maximum absolute atomic E-state index is 13.5. The highest BCUT2D eigenvalue weighted by molar-refractivity contribution is 5.45. The third-order valence-electron chi connectivity index (χ3n) is 2.53. The minimum atomic E-state index is -0.199. The summed E-state index contributed by atoms with van der Waals surface area (Å²) in [6.07, 6.45) is 1.59. The maximum Gasteiger partial charge on any atom is 0.128 e. The molecule has 4 heteroatoms. The van der Waals surface area contributed by atoms with Gasteiger partial charge in [-0.15, -0.1) is 0 Å². The van der Waals surface area contributed by atoms with Crippen LogP contribution in [-0.4, -0.2) is 12.0 Å². The Morgan fingerprint density at radius 1 is 1.24 bits per heavy atom. The van der Waals surface area contributed by atoms with Crippen LogP contribution in [0.3, 0.4) is 0 Å². The fourth-order valence-electron chi connectivity index (χ4n) is 1.59. The molecule has 17 heavy (non-hydrogen) atoms. The molecule has 0 saturated heterocycles. The quantitative estimate of drug-likeness (QED) is 0.882. The van der Waals surface area contributed by atoms with Gasteiger partial charge in [-0.05, 0) is 18.2 Å². The zero-order valence-corrected chi connectivity index (χ0v) is 9.60. The maximum atomic E-state index is 13.5. The molecule has 88 valence electrons. The van der Waals surface area contributed by atoms with Gasteiger partial charge in [0.15, 0.2) is 0 Å². The molecule has 0 atom stereocenters. The molecule has 0 aliphatic heterocycles. The molecule has 0 fully saturated rings. The van der Waals surface area contributed by atoms with Gasteiger partial charge < -0.3 is 10.6 Å². The van der Waals surface area contributed by atoms with E-state index in [1.165, 1.54) is 6.07 Å². The van der Waals surface area contributed by atoms with Crippen LogP contribution in [0.15, 0.2) is 42.6 Å². The number of nitrogen functional groups attached to an aromatic ring is 1. The monoisotopic (exact) mass is 231 g/mol. The van der Waals surface area contributed by atoms with Crippen molar-refractivity contribution in [2.24, 2.45) is 0 Å². The molecule has 2 N–H and O–H groups in total. The molecule has 2 rings (SSSR count). The summed E-state index contributed by atoms with van der Waals surface area (Å²) in [7, 11) is 1.87. The summed E-state index contributed by atoms with van der Waals surface area (Å²) in [5.41, 5.74) is 6.83. The number of benzene rings is 1. The summed E-state index contributed by atoms with van der Waals surface area (Å²) in [5, 5.41) is 0. The first kappa shape index (κ1) is 11.4. The fraction of sp³-hybridized carbons (Fsp3) is 0.154. The summed E-state index contributed by atoms with van der Waals surface area (Å²) in [5.74, 6) is 0.567. The third-order valence-corrected chi connectivity index (χ3v) is 2.53. The number of nitrogens with zero attached hydrogens (tertiary/aromatic N) is 2. The van der Waals surface area contributed by atoms with Gasteiger partial charge in [0.2, 0.25) is 0 Å². The Bertz CT molecular complexity index is 496. The highest BCUT2D eigenvalue weighted by Gasteiger charge is 2.06. The van der Waals surface area contributed by atoms with E-state index >= 15 is 0 Å². The zero-order chi connectivity index (χ0) is 12.3. The van der Waals surface area contributed by atoms with Crippen LogP contribution in [0, 0.1) is 5.82 Å². The number of halogens is 1. The second-order valence-corrected chi connectivity index (χ2v) is 3.90. The van der Waals surface area contributed by atoms with Gasteiger partial charge in [-0.2, -0.15) is 0 Å². The number of nitrogens with two attached hydrogens (primary N) is 1. The van der Waals surface area contributed by atoms with Crippen LogP contribution in [0.2, 0.25) is 0 Å². The topological polar surface area (TPSA) is 42.1 Å². The van der Waals surface area contributed by atoms with Crippen molar-refractivity contribution in [1.82, 2.24) is 4.98 Å². The number of hydrogen-bond donors (Lipinski definition) is 1. The van der Waals surface area contributed by atoms with E-state index in [1.54, 1.807) is 24.4 Å². The van der Waals surface area contributed by atoms with Gasteiger partial charge >= 0.3 is 0 Å². The molecule has 1 aromatic carbocycles. The average molecular weight is 231 g/mol. The Labute approximate surface area is 99.7 Å². The SMILES string of the molecule is CN(Cc1ccccc1F)c1ccc(N)cn1. The average Bonchev–Trinajstić information content (AvgIpc) is 2.33. The highest BCUT2D eigenvalue weighted by Crippen LogP contribution is 2.15. The largest absolute Gasteiger partial charge is 0.397 e. The number of anilines is 2. The zero-order valence-electron chi connectivity index (χ0n) is 9.60. The van der Waals surface area contributed by atoms with Crippen LogP contribution in [0.5, 0.6) is 0 Å². The number of pyridine rings is 1. The van der Waals surface area contributed by atoms with E-state index in [4.69, 9.17) is 5.73 Å². The molecule has 1 aromatic heterocycles. The molecule has 0 unspecified atom stereocenters. The van der Waals surface area contributed by atoms with E-state index in [0.717, 1.165) is 5.82 Å². The van der Waals surface area contributed by atoms with Crippen molar-refractivity contribution in [2.45, 2.75) is 6.54 Å². The van der Waals surface area contributed by atoms with E-state index in [9.17, 15) is 4.39 Å². The standard InChI is InChI=1S/C13H14FN3/c1-17(13-7-6-11(15)8-16-13)9-10-4-2-3-5-12(10)14/h2-8H,9,15H2,1H3. The molecule has 0 radical (unpaired) electrons. The smallest absolute Gasteiger partial charge is 0.128 e. The van der Waals surface area contributed by atoms with Gasteiger partial charge in [-0.25, -0.2) is 9.37 Å². The van der Waals surface area contributed by atoms with Gasteiger partial charge in [0, 0.05) is 19.2 Å². The molecule has 2 aromatic rings. The minimum absolute atomic E-state index is 0.199. The summed E-state index contributed by atoms with van der Waals surface area (Å²) < 4.78 is 13.5. The van der Waals surface area contributed by atoms with Crippen LogP contribution in [0.4, 0.5) is 15.9 Å². The first-order valence-corrected chi connectivity index (χ1v) is 5.33. The number of aromatic nitrogens is 1. The molecule has 3 nitrogen and oxygen atoms in total. The molecule has 1 heterocycles. The third kappa shape index (κ3) is 2.72. The molecule has 0 spiro atoms.